The van der Waals surface area contributed by atoms with Crippen molar-refractivity contribution in [2.75, 3.05) is 26.7 Å². The highest BCUT2D eigenvalue weighted by molar-refractivity contribution is 6.32. The molecule has 0 spiro atoms. The Balaban J connectivity index is 1.31. The molecule has 1 aromatic heterocycles. The number of para-hydroxylation sites is 1. The number of hydrogen-bond acceptors (Lipinski definition) is 5. The Labute approximate surface area is 237 Å². The highest BCUT2D eigenvalue weighted by atomic mass is 35.5. The maximum Gasteiger partial charge on any atom is 0.331 e. The van der Waals surface area contributed by atoms with Crippen molar-refractivity contribution in [1.29, 1.82) is 0 Å². The van der Waals surface area contributed by atoms with E-state index in [2.05, 4.69) is 6.07 Å². The average molecular weight is 565 g/mol. The second kappa shape index (κ2) is 11.7. The van der Waals surface area contributed by atoms with E-state index in [-0.39, 0.29) is 36.5 Å². The SMILES string of the molecule is CCn1c(=O)c(-c2cccc(Cl)c2OC)cn(CC(=O)N2CCC(N3CCc4ccccc4CC3=O)CC2)c1=O. The number of amides is 2. The molecular formula is C30H33ClN4O5. The van der Waals surface area contributed by atoms with Gasteiger partial charge in [-0.15, -0.1) is 0 Å². The smallest absolute Gasteiger partial charge is 0.331 e. The van der Waals surface area contributed by atoms with Crippen LogP contribution in [0.5, 0.6) is 5.75 Å². The maximum atomic E-state index is 13.3. The number of likely N-dealkylation sites (tertiary alicyclic amines) is 1. The van der Waals surface area contributed by atoms with E-state index in [1.165, 1.54) is 23.4 Å². The fraction of sp³-hybridized carbons (Fsp3) is 0.400. The third kappa shape index (κ3) is 5.30. The molecule has 0 atom stereocenters. The van der Waals surface area contributed by atoms with Crippen molar-refractivity contribution in [2.45, 2.75) is 51.7 Å². The molecule has 2 aliphatic heterocycles. The van der Waals surface area contributed by atoms with Crippen LogP contribution in [0.3, 0.4) is 0 Å². The molecule has 3 aromatic rings. The van der Waals surface area contributed by atoms with Gasteiger partial charge in [0, 0.05) is 44.0 Å². The molecule has 210 valence electrons. The van der Waals surface area contributed by atoms with Crippen LogP contribution in [0.1, 0.15) is 30.9 Å². The van der Waals surface area contributed by atoms with E-state index in [0.717, 1.165) is 16.6 Å². The lowest BCUT2D eigenvalue weighted by Gasteiger charge is -2.38. The largest absolute Gasteiger partial charge is 0.495 e. The first-order chi connectivity index (χ1) is 19.3. The summed E-state index contributed by atoms with van der Waals surface area (Å²) in [5.41, 5.74) is 1.98. The van der Waals surface area contributed by atoms with Crippen molar-refractivity contribution in [1.82, 2.24) is 18.9 Å². The van der Waals surface area contributed by atoms with Crippen LogP contribution in [0.15, 0.2) is 58.3 Å². The zero-order valence-electron chi connectivity index (χ0n) is 22.8. The highest BCUT2D eigenvalue weighted by Gasteiger charge is 2.31. The number of carbonyl (C=O) groups excluding carboxylic acids is 2. The van der Waals surface area contributed by atoms with Gasteiger partial charge < -0.3 is 14.5 Å². The Bertz CT molecular complexity index is 1550. The Hall–Kier alpha value is -3.85. The predicted octanol–water partition coefficient (Wildman–Crippen LogP) is 2.98. The van der Waals surface area contributed by atoms with Crippen molar-refractivity contribution in [3.8, 4) is 16.9 Å². The van der Waals surface area contributed by atoms with Gasteiger partial charge in [0.15, 0.2) is 0 Å². The monoisotopic (exact) mass is 564 g/mol. The molecule has 0 radical (unpaired) electrons. The zero-order chi connectivity index (χ0) is 28.4. The quantitative estimate of drug-likeness (QED) is 0.459. The van der Waals surface area contributed by atoms with Crippen molar-refractivity contribution < 1.29 is 14.3 Å². The van der Waals surface area contributed by atoms with Gasteiger partial charge in [0.2, 0.25) is 11.8 Å². The van der Waals surface area contributed by atoms with Gasteiger partial charge in [-0.1, -0.05) is 48.0 Å². The third-order valence-corrected chi connectivity index (χ3v) is 8.28. The number of aromatic nitrogens is 2. The summed E-state index contributed by atoms with van der Waals surface area (Å²) >= 11 is 6.28. The molecule has 0 aliphatic carbocycles. The molecule has 0 N–H and O–H groups in total. The van der Waals surface area contributed by atoms with E-state index < -0.39 is 11.2 Å². The number of hydrogen-bond donors (Lipinski definition) is 0. The second-order valence-electron chi connectivity index (χ2n) is 10.2. The van der Waals surface area contributed by atoms with Gasteiger partial charge >= 0.3 is 5.69 Å². The van der Waals surface area contributed by atoms with Crippen LogP contribution in [-0.2, 0) is 35.5 Å². The van der Waals surface area contributed by atoms with Gasteiger partial charge in [0.1, 0.15) is 12.3 Å². The molecule has 5 rings (SSSR count). The van der Waals surface area contributed by atoms with Crippen LogP contribution >= 0.6 is 11.6 Å². The lowest BCUT2D eigenvalue weighted by molar-refractivity contribution is -0.136. The summed E-state index contributed by atoms with van der Waals surface area (Å²) in [5, 5.41) is 0.339. The van der Waals surface area contributed by atoms with Crippen LogP contribution in [-0.4, -0.2) is 63.5 Å². The Morgan fingerprint density at radius 1 is 0.975 bits per heavy atom. The number of benzene rings is 2. The first kappa shape index (κ1) is 27.7. The molecule has 2 amide bonds. The van der Waals surface area contributed by atoms with E-state index in [1.54, 1.807) is 30.0 Å². The van der Waals surface area contributed by atoms with Gasteiger partial charge in [-0.3, -0.25) is 23.5 Å². The third-order valence-electron chi connectivity index (χ3n) is 7.98. The van der Waals surface area contributed by atoms with Crippen molar-refractivity contribution in [2.24, 2.45) is 0 Å². The number of halogens is 1. The number of fused-ring (bicyclic) bond motifs is 1. The summed E-state index contributed by atoms with van der Waals surface area (Å²) in [4.78, 5) is 56.4. The molecule has 9 nitrogen and oxygen atoms in total. The predicted molar refractivity (Wildman–Crippen MR) is 153 cm³/mol. The number of carbonyl (C=O) groups is 2. The summed E-state index contributed by atoms with van der Waals surface area (Å²) in [5.74, 6) is 0.251. The molecule has 0 saturated carbocycles. The van der Waals surface area contributed by atoms with E-state index in [1.807, 2.05) is 23.1 Å². The van der Waals surface area contributed by atoms with Crippen LogP contribution in [0.4, 0.5) is 0 Å². The van der Waals surface area contributed by atoms with Crippen LogP contribution < -0.4 is 16.0 Å². The fourth-order valence-electron chi connectivity index (χ4n) is 5.82. The number of nitrogens with zero attached hydrogens (tertiary/aromatic N) is 4. The minimum atomic E-state index is -0.546. The Morgan fingerprint density at radius 3 is 2.40 bits per heavy atom. The zero-order valence-corrected chi connectivity index (χ0v) is 23.5. The number of piperidine rings is 1. The molecule has 0 unspecified atom stereocenters. The minimum absolute atomic E-state index is 0.0810. The molecule has 10 heteroatoms. The standard InChI is InChI=1S/C30H33ClN4O5/c1-3-34-29(38)24(23-9-6-10-25(31)28(23)40-2)18-33(30(34)39)19-27(37)32-14-12-22(13-15-32)35-16-11-20-7-4-5-8-21(20)17-26(35)36/h4-10,18,22H,3,11-17,19H2,1-2H3. The molecule has 1 saturated heterocycles. The van der Waals surface area contributed by atoms with Crippen molar-refractivity contribution in [3.05, 3.63) is 85.6 Å². The van der Waals surface area contributed by atoms with Crippen LogP contribution in [0.25, 0.3) is 11.1 Å². The Kier molecular flexibility index (Phi) is 8.12. The Morgan fingerprint density at radius 2 is 1.70 bits per heavy atom. The molecular weight excluding hydrogens is 532 g/mol. The van der Waals surface area contributed by atoms with Gasteiger partial charge in [0.05, 0.1) is 24.1 Å². The van der Waals surface area contributed by atoms with E-state index >= 15 is 0 Å². The van der Waals surface area contributed by atoms with Crippen LogP contribution in [0.2, 0.25) is 5.02 Å². The van der Waals surface area contributed by atoms with E-state index in [0.29, 0.717) is 55.2 Å². The number of methoxy groups -OCH3 is 1. The van der Waals surface area contributed by atoms with E-state index in [4.69, 9.17) is 16.3 Å². The molecule has 3 heterocycles. The van der Waals surface area contributed by atoms with Crippen molar-refractivity contribution in [3.63, 3.8) is 0 Å². The summed E-state index contributed by atoms with van der Waals surface area (Å²) in [6.07, 6.45) is 4.02. The molecule has 1 fully saturated rings. The number of ether oxygens (including phenoxy) is 1. The molecule has 2 aliphatic rings. The molecule has 0 bridgehead atoms. The van der Waals surface area contributed by atoms with Gasteiger partial charge in [-0.05, 0) is 43.4 Å². The summed E-state index contributed by atoms with van der Waals surface area (Å²) in [6.45, 7) is 3.34. The van der Waals surface area contributed by atoms with Gasteiger partial charge in [-0.2, -0.15) is 0 Å². The second-order valence-corrected chi connectivity index (χ2v) is 10.6. The van der Waals surface area contributed by atoms with Gasteiger partial charge in [-0.25, -0.2) is 4.79 Å². The summed E-state index contributed by atoms with van der Waals surface area (Å²) in [6, 6.07) is 13.2. The minimum Gasteiger partial charge on any atom is -0.495 e. The van der Waals surface area contributed by atoms with Gasteiger partial charge in [0.25, 0.3) is 5.56 Å². The fourth-order valence-corrected chi connectivity index (χ4v) is 6.07. The first-order valence-electron chi connectivity index (χ1n) is 13.6. The normalized spacial score (nSPS) is 16.0. The maximum absolute atomic E-state index is 13.3. The lowest BCUT2D eigenvalue weighted by Crippen LogP contribution is -2.50. The molecule has 2 aromatic carbocycles. The van der Waals surface area contributed by atoms with Crippen molar-refractivity contribution >= 4 is 23.4 Å². The van der Waals surface area contributed by atoms with E-state index in [9.17, 15) is 19.2 Å². The lowest BCUT2D eigenvalue weighted by atomic mass is 10.0. The summed E-state index contributed by atoms with van der Waals surface area (Å²) in [7, 11) is 1.46. The van der Waals surface area contributed by atoms with Crippen LogP contribution in [0, 0.1) is 0 Å². The highest BCUT2D eigenvalue weighted by Crippen LogP contribution is 2.34. The topological polar surface area (TPSA) is 93.8 Å². The first-order valence-corrected chi connectivity index (χ1v) is 14.0. The average Bonchev–Trinajstić information content (AvgIpc) is 3.12. The summed E-state index contributed by atoms with van der Waals surface area (Å²) < 4.78 is 7.82. The number of rotatable bonds is 6. The molecule has 40 heavy (non-hydrogen) atoms.